The summed E-state index contributed by atoms with van der Waals surface area (Å²) in [6.45, 7) is 3.92. The highest BCUT2D eigenvalue weighted by molar-refractivity contribution is 6.04. The molecule has 5 rings (SSSR count). The molecule has 4 aromatic rings. The maximum Gasteiger partial charge on any atom is 0.255 e. The van der Waals surface area contributed by atoms with E-state index in [2.05, 4.69) is 10.3 Å². The second kappa shape index (κ2) is 12.6. The smallest absolute Gasteiger partial charge is 0.255 e. The molecule has 0 radical (unpaired) electrons. The second-order valence-corrected chi connectivity index (χ2v) is 9.79. The maximum atomic E-state index is 15.1. The third kappa shape index (κ3) is 6.23. The van der Waals surface area contributed by atoms with Gasteiger partial charge in [-0.2, -0.15) is 0 Å². The number of aromatic nitrogens is 1. The average molecular weight is 582 g/mol. The Morgan fingerprint density at radius 1 is 1.05 bits per heavy atom. The minimum absolute atomic E-state index is 0.0848. The predicted octanol–water partition coefficient (Wildman–Crippen LogP) is 6.48. The van der Waals surface area contributed by atoms with Crippen LogP contribution in [-0.4, -0.2) is 37.3 Å². The summed E-state index contributed by atoms with van der Waals surface area (Å²) >= 11 is 0. The van der Waals surface area contributed by atoms with Crippen molar-refractivity contribution in [2.75, 3.05) is 23.9 Å². The molecule has 0 atom stereocenters. The fourth-order valence-corrected chi connectivity index (χ4v) is 4.62. The third-order valence-electron chi connectivity index (χ3n) is 6.92. The zero-order chi connectivity index (χ0) is 30.5. The van der Waals surface area contributed by atoms with Crippen LogP contribution in [0.4, 0.5) is 15.8 Å². The first-order chi connectivity index (χ1) is 20.8. The molecule has 0 spiro atoms. The van der Waals surface area contributed by atoms with Gasteiger partial charge in [0.05, 0.1) is 30.4 Å². The lowest BCUT2D eigenvalue weighted by atomic mass is 10.1. The van der Waals surface area contributed by atoms with Crippen molar-refractivity contribution >= 4 is 40.9 Å². The van der Waals surface area contributed by atoms with E-state index in [0.29, 0.717) is 70.7 Å². The van der Waals surface area contributed by atoms with Gasteiger partial charge >= 0.3 is 0 Å². The Labute approximate surface area is 247 Å². The molecule has 1 aliphatic rings. The molecule has 0 saturated carbocycles. The SMILES string of the molecule is COc1cc2nccc(Oc3ccc(NC(=O)/C(C)=C4\OCC\C4=C\N(C=O)c4ccc(C)cc4)cc3F)c2cc1C=O. The number of aryl methyl sites for hydroxylation is 1. The van der Waals surface area contributed by atoms with Gasteiger partial charge in [-0.1, -0.05) is 17.7 Å². The number of ether oxygens (including phenoxy) is 3. The molecule has 218 valence electrons. The average Bonchev–Trinajstić information content (AvgIpc) is 3.48. The van der Waals surface area contributed by atoms with Crippen LogP contribution in [0.5, 0.6) is 17.2 Å². The molecule has 1 fully saturated rings. The summed E-state index contributed by atoms with van der Waals surface area (Å²) in [6, 6.07) is 16.2. The van der Waals surface area contributed by atoms with Crippen LogP contribution >= 0.6 is 0 Å². The van der Waals surface area contributed by atoms with E-state index in [-0.39, 0.29) is 17.0 Å². The molecular formula is C33H28FN3O6. The Morgan fingerprint density at radius 3 is 2.53 bits per heavy atom. The lowest BCUT2D eigenvalue weighted by Gasteiger charge is -2.15. The van der Waals surface area contributed by atoms with Crippen molar-refractivity contribution in [1.82, 2.24) is 4.98 Å². The zero-order valence-corrected chi connectivity index (χ0v) is 23.7. The van der Waals surface area contributed by atoms with Gasteiger partial charge in [-0.25, -0.2) is 4.39 Å². The number of carbonyl (C=O) groups is 3. The van der Waals surface area contributed by atoms with Crippen molar-refractivity contribution in [3.05, 3.63) is 107 Å². The van der Waals surface area contributed by atoms with Crippen LogP contribution in [0.3, 0.4) is 0 Å². The van der Waals surface area contributed by atoms with Gasteiger partial charge in [-0.05, 0) is 50.2 Å². The van der Waals surface area contributed by atoms with Gasteiger partial charge in [0.15, 0.2) is 17.9 Å². The number of methoxy groups -OCH3 is 1. The van der Waals surface area contributed by atoms with E-state index in [0.717, 1.165) is 11.6 Å². The maximum absolute atomic E-state index is 15.1. The molecule has 43 heavy (non-hydrogen) atoms. The van der Waals surface area contributed by atoms with Crippen molar-refractivity contribution in [2.24, 2.45) is 0 Å². The molecule has 3 aromatic carbocycles. The molecule has 1 aromatic heterocycles. The number of pyridine rings is 1. The Morgan fingerprint density at radius 2 is 1.84 bits per heavy atom. The zero-order valence-electron chi connectivity index (χ0n) is 23.7. The summed E-state index contributed by atoms with van der Waals surface area (Å²) < 4.78 is 31.9. The molecule has 0 bridgehead atoms. The molecular weight excluding hydrogens is 553 g/mol. The normalized spacial score (nSPS) is 14.7. The molecule has 10 heteroatoms. The minimum Gasteiger partial charge on any atom is -0.496 e. The highest BCUT2D eigenvalue weighted by Gasteiger charge is 2.23. The number of hydrogen-bond donors (Lipinski definition) is 1. The van der Waals surface area contributed by atoms with Crippen molar-refractivity contribution in [3.8, 4) is 17.2 Å². The van der Waals surface area contributed by atoms with Crippen LogP contribution in [0.25, 0.3) is 10.9 Å². The van der Waals surface area contributed by atoms with E-state index in [1.165, 1.54) is 30.3 Å². The van der Waals surface area contributed by atoms with Gasteiger partial charge < -0.3 is 19.5 Å². The Balaban J connectivity index is 1.34. The Hall–Kier alpha value is -5.51. The van der Waals surface area contributed by atoms with Crippen molar-refractivity contribution in [1.29, 1.82) is 0 Å². The summed E-state index contributed by atoms with van der Waals surface area (Å²) in [5, 5.41) is 3.19. The standard InChI is InChI=1S/C33H28FN3O6/c1-20-4-7-25(8-5-20)37(19-39)17-22-11-13-42-32(22)21(2)33(40)36-24-6-9-30(27(34)15-24)43-29-10-12-35-28-16-31(41-3)23(18-38)14-26(28)29/h4-10,12,14-19H,11,13H2,1-3H3,(H,36,40)/b22-17-,32-21-. The largest absolute Gasteiger partial charge is 0.496 e. The van der Waals surface area contributed by atoms with Crippen LogP contribution in [0, 0.1) is 12.7 Å². The van der Waals surface area contributed by atoms with E-state index in [1.807, 2.05) is 31.2 Å². The summed E-state index contributed by atoms with van der Waals surface area (Å²) in [7, 11) is 1.45. The van der Waals surface area contributed by atoms with Gasteiger partial charge in [0.1, 0.15) is 17.3 Å². The van der Waals surface area contributed by atoms with Gasteiger partial charge in [0.2, 0.25) is 6.41 Å². The van der Waals surface area contributed by atoms with Gasteiger partial charge in [0, 0.05) is 53.3 Å². The van der Waals surface area contributed by atoms with E-state index >= 15 is 4.39 Å². The molecule has 2 heterocycles. The number of anilines is 2. The van der Waals surface area contributed by atoms with Crippen LogP contribution < -0.4 is 19.7 Å². The van der Waals surface area contributed by atoms with E-state index in [1.54, 1.807) is 31.3 Å². The number of hydrogen-bond acceptors (Lipinski definition) is 7. The first kappa shape index (κ1) is 29.0. The lowest BCUT2D eigenvalue weighted by molar-refractivity contribution is -0.113. The monoisotopic (exact) mass is 581 g/mol. The first-order valence-electron chi connectivity index (χ1n) is 13.4. The summed E-state index contributed by atoms with van der Waals surface area (Å²) in [4.78, 5) is 42.1. The molecule has 9 nitrogen and oxygen atoms in total. The Bertz CT molecular complexity index is 1780. The molecule has 0 aliphatic carbocycles. The van der Waals surface area contributed by atoms with Crippen molar-refractivity contribution in [3.63, 3.8) is 0 Å². The Kier molecular flexibility index (Phi) is 8.47. The number of nitrogens with zero attached hydrogens (tertiary/aromatic N) is 2. The fourth-order valence-electron chi connectivity index (χ4n) is 4.62. The summed E-state index contributed by atoms with van der Waals surface area (Å²) in [5.74, 6) is -0.262. The molecule has 0 unspecified atom stereocenters. The number of benzene rings is 3. The van der Waals surface area contributed by atoms with E-state index < -0.39 is 11.7 Å². The molecule has 2 amide bonds. The molecule has 1 N–H and O–H groups in total. The minimum atomic E-state index is -0.713. The number of allylic oxidation sites excluding steroid dienone is 1. The van der Waals surface area contributed by atoms with Crippen LogP contribution in [0.1, 0.15) is 29.3 Å². The molecule has 1 aliphatic heterocycles. The van der Waals surface area contributed by atoms with Gasteiger partial charge in [-0.3, -0.25) is 24.3 Å². The number of fused-ring (bicyclic) bond motifs is 1. The quantitative estimate of drug-likeness (QED) is 0.178. The van der Waals surface area contributed by atoms with Crippen molar-refractivity contribution in [2.45, 2.75) is 20.3 Å². The number of nitrogens with one attached hydrogen (secondary N) is 1. The van der Waals surface area contributed by atoms with Crippen LogP contribution in [0.2, 0.25) is 0 Å². The first-order valence-corrected chi connectivity index (χ1v) is 13.4. The fraction of sp³-hybridized carbons (Fsp3) is 0.152. The van der Waals surface area contributed by atoms with Crippen LogP contribution in [-0.2, 0) is 14.3 Å². The van der Waals surface area contributed by atoms with Gasteiger partial charge in [-0.15, -0.1) is 0 Å². The third-order valence-corrected chi connectivity index (χ3v) is 6.92. The lowest BCUT2D eigenvalue weighted by Crippen LogP contribution is -2.16. The van der Waals surface area contributed by atoms with E-state index in [4.69, 9.17) is 14.2 Å². The number of rotatable bonds is 9. The van der Waals surface area contributed by atoms with Crippen molar-refractivity contribution < 1.29 is 33.0 Å². The number of carbonyl (C=O) groups excluding carboxylic acids is 3. The van der Waals surface area contributed by atoms with E-state index in [9.17, 15) is 14.4 Å². The molecule has 1 saturated heterocycles. The number of amides is 2. The summed E-state index contributed by atoms with van der Waals surface area (Å²) in [6.07, 6.45) is 5.02. The summed E-state index contributed by atoms with van der Waals surface area (Å²) in [5.41, 5.74) is 3.73. The number of halogens is 1. The second-order valence-electron chi connectivity index (χ2n) is 9.79. The van der Waals surface area contributed by atoms with Gasteiger partial charge in [0.25, 0.3) is 5.91 Å². The van der Waals surface area contributed by atoms with Crippen LogP contribution in [0.15, 0.2) is 90.0 Å². The highest BCUT2D eigenvalue weighted by Crippen LogP contribution is 2.35. The number of aldehydes is 1. The highest BCUT2D eigenvalue weighted by atomic mass is 19.1. The predicted molar refractivity (Wildman–Crippen MR) is 160 cm³/mol. The topological polar surface area (TPSA) is 107 Å².